The summed E-state index contributed by atoms with van der Waals surface area (Å²) < 4.78 is 18.8. The maximum Gasteiger partial charge on any atom is 0.120 e. The molecule has 1 aromatic heterocycles. The van der Waals surface area contributed by atoms with Crippen molar-refractivity contribution < 1.29 is 14.2 Å². The Balaban J connectivity index is 1.49. The molecule has 1 heterocycles. The van der Waals surface area contributed by atoms with Gasteiger partial charge in [-0.15, -0.1) is 11.3 Å². The van der Waals surface area contributed by atoms with Gasteiger partial charge in [-0.3, -0.25) is 4.90 Å². The number of ether oxygens (including phenoxy) is 3. The Morgan fingerprint density at radius 3 is 2.30 bits per heavy atom. The van der Waals surface area contributed by atoms with Crippen molar-refractivity contribution in [1.29, 1.82) is 0 Å². The lowest BCUT2D eigenvalue weighted by Gasteiger charge is -2.21. The van der Waals surface area contributed by atoms with E-state index in [1.807, 2.05) is 0 Å². The Labute approximate surface area is 191 Å². The Hall–Kier alpha value is -1.44. The maximum absolute atomic E-state index is 6.02. The molecule has 0 spiro atoms. The van der Waals surface area contributed by atoms with Crippen molar-refractivity contribution in [3.63, 3.8) is 0 Å². The highest BCUT2D eigenvalue weighted by Crippen LogP contribution is 2.36. The first kappa shape index (κ1) is 23.2. The minimum Gasteiger partial charge on any atom is -0.494 e. The van der Waals surface area contributed by atoms with Crippen molar-refractivity contribution in [1.82, 2.24) is 4.90 Å². The van der Waals surface area contributed by atoms with E-state index in [2.05, 4.69) is 68.7 Å². The van der Waals surface area contributed by atoms with Crippen molar-refractivity contribution in [2.45, 2.75) is 12.8 Å². The molecular weight excluding hydrogens is 462 g/mol. The minimum absolute atomic E-state index is 0.735. The van der Waals surface area contributed by atoms with Crippen LogP contribution < -0.4 is 4.74 Å². The average Bonchev–Trinajstić information content (AvgIpc) is 3.18. The number of hydrogen-bond donors (Lipinski definition) is 0. The molecule has 3 aromatic rings. The van der Waals surface area contributed by atoms with Crippen molar-refractivity contribution >= 4 is 37.4 Å². The second-order valence-electron chi connectivity index (χ2n) is 7.20. The Bertz CT molecular complexity index is 889. The maximum atomic E-state index is 6.02. The zero-order valence-corrected chi connectivity index (χ0v) is 20.1. The number of halogens is 1. The molecular formula is C24H30BrNO3S. The quantitative estimate of drug-likeness (QED) is 0.271. The summed E-state index contributed by atoms with van der Waals surface area (Å²) in [5, 5.41) is 3.51. The fourth-order valence-electron chi connectivity index (χ4n) is 3.36. The molecule has 2 aromatic carbocycles. The highest BCUT2D eigenvalue weighted by atomic mass is 79.9. The number of methoxy groups -OCH3 is 2. The van der Waals surface area contributed by atoms with Gasteiger partial charge < -0.3 is 14.2 Å². The predicted molar refractivity (Wildman–Crippen MR) is 130 cm³/mol. The van der Waals surface area contributed by atoms with Crippen LogP contribution in [0.4, 0.5) is 0 Å². The number of fused-ring (bicyclic) bond motifs is 1. The summed E-state index contributed by atoms with van der Waals surface area (Å²) in [4.78, 5) is 2.38. The van der Waals surface area contributed by atoms with E-state index >= 15 is 0 Å². The summed E-state index contributed by atoms with van der Waals surface area (Å²) in [5.74, 6) is 0.947. The third-order valence-corrected chi connectivity index (χ3v) is 6.54. The molecule has 30 heavy (non-hydrogen) atoms. The van der Waals surface area contributed by atoms with Crippen LogP contribution in [0.15, 0.2) is 52.3 Å². The van der Waals surface area contributed by atoms with Crippen LogP contribution in [0.3, 0.4) is 0 Å². The number of thiophene rings is 1. The summed E-state index contributed by atoms with van der Waals surface area (Å²) in [7, 11) is 3.49. The molecule has 0 saturated carbocycles. The van der Waals surface area contributed by atoms with Crippen LogP contribution >= 0.6 is 27.3 Å². The van der Waals surface area contributed by atoms with Crippen molar-refractivity contribution in [3.05, 3.63) is 52.3 Å². The lowest BCUT2D eigenvalue weighted by Crippen LogP contribution is -2.31. The van der Waals surface area contributed by atoms with Gasteiger partial charge in [0.1, 0.15) is 5.75 Å². The molecule has 0 unspecified atom stereocenters. The highest BCUT2D eigenvalue weighted by Gasteiger charge is 2.08. The Morgan fingerprint density at radius 2 is 1.60 bits per heavy atom. The third kappa shape index (κ3) is 6.79. The van der Waals surface area contributed by atoms with Crippen LogP contribution in [0.5, 0.6) is 5.75 Å². The minimum atomic E-state index is 0.735. The van der Waals surface area contributed by atoms with Gasteiger partial charge in [0.15, 0.2) is 0 Å². The van der Waals surface area contributed by atoms with E-state index in [0.29, 0.717) is 0 Å². The van der Waals surface area contributed by atoms with Crippen LogP contribution in [0.2, 0.25) is 0 Å². The standard InChI is InChI=1S/C24H30BrNO3S/c1-27-15-12-26(13-16-28-2)11-3-4-14-29-21-9-10-22-23(18-30-24(22)17-21)19-5-7-20(25)8-6-19/h5-10,17-18H,3-4,11-16H2,1-2H3. The van der Waals surface area contributed by atoms with E-state index in [4.69, 9.17) is 14.2 Å². The summed E-state index contributed by atoms with van der Waals surface area (Å²) in [5.41, 5.74) is 2.52. The second-order valence-corrected chi connectivity index (χ2v) is 9.02. The van der Waals surface area contributed by atoms with Gasteiger partial charge in [0.25, 0.3) is 0 Å². The van der Waals surface area contributed by atoms with Crippen LogP contribution in [-0.2, 0) is 9.47 Å². The van der Waals surface area contributed by atoms with Gasteiger partial charge >= 0.3 is 0 Å². The molecule has 162 valence electrons. The number of unbranched alkanes of at least 4 members (excludes halogenated alkanes) is 1. The van der Waals surface area contributed by atoms with Crippen molar-refractivity contribution in [3.8, 4) is 16.9 Å². The predicted octanol–water partition coefficient (Wildman–Crippen LogP) is 6.08. The lowest BCUT2D eigenvalue weighted by atomic mass is 10.1. The van der Waals surface area contributed by atoms with Gasteiger partial charge in [-0.1, -0.05) is 28.1 Å². The molecule has 0 radical (unpaired) electrons. The molecule has 6 heteroatoms. The zero-order valence-electron chi connectivity index (χ0n) is 17.7. The summed E-state index contributed by atoms with van der Waals surface area (Å²) in [6.45, 7) is 5.16. The first-order chi connectivity index (χ1) is 14.7. The van der Waals surface area contributed by atoms with Gasteiger partial charge in [-0.2, -0.15) is 0 Å². The van der Waals surface area contributed by atoms with Crippen LogP contribution in [0, 0.1) is 0 Å². The SMILES string of the molecule is COCCN(CCCCOc1ccc2c(-c3ccc(Br)cc3)csc2c1)CCOC. The van der Waals surface area contributed by atoms with E-state index < -0.39 is 0 Å². The fraction of sp³-hybridized carbons (Fsp3) is 0.417. The van der Waals surface area contributed by atoms with Crippen LogP contribution in [0.1, 0.15) is 12.8 Å². The van der Waals surface area contributed by atoms with E-state index in [-0.39, 0.29) is 0 Å². The van der Waals surface area contributed by atoms with Gasteiger partial charge in [-0.05, 0) is 60.7 Å². The average molecular weight is 492 g/mol. The molecule has 3 rings (SSSR count). The molecule has 0 aliphatic heterocycles. The molecule has 0 aliphatic carbocycles. The first-order valence-corrected chi connectivity index (χ1v) is 12.0. The van der Waals surface area contributed by atoms with Crippen molar-refractivity contribution in [2.75, 3.05) is 53.7 Å². The molecule has 0 aliphatic rings. The lowest BCUT2D eigenvalue weighted by molar-refractivity contribution is 0.112. The Kier molecular flexibility index (Phi) is 9.62. The number of rotatable bonds is 13. The summed E-state index contributed by atoms with van der Waals surface area (Å²) >= 11 is 5.27. The third-order valence-electron chi connectivity index (χ3n) is 5.06. The van der Waals surface area contributed by atoms with Gasteiger partial charge in [0, 0.05) is 47.4 Å². The number of hydrogen-bond acceptors (Lipinski definition) is 5. The summed E-state index contributed by atoms with van der Waals surface area (Å²) in [6, 6.07) is 14.9. The normalized spacial score (nSPS) is 11.5. The smallest absolute Gasteiger partial charge is 0.120 e. The van der Waals surface area contributed by atoms with Gasteiger partial charge in [-0.25, -0.2) is 0 Å². The first-order valence-electron chi connectivity index (χ1n) is 10.3. The summed E-state index contributed by atoms with van der Waals surface area (Å²) in [6.07, 6.45) is 2.13. The highest BCUT2D eigenvalue weighted by molar-refractivity contribution is 9.10. The molecule has 0 bridgehead atoms. The van der Waals surface area contributed by atoms with Crippen LogP contribution in [-0.4, -0.2) is 58.6 Å². The number of nitrogens with zero attached hydrogens (tertiary/aromatic N) is 1. The molecule has 4 nitrogen and oxygen atoms in total. The monoisotopic (exact) mass is 491 g/mol. The van der Waals surface area contributed by atoms with E-state index in [0.717, 1.165) is 62.5 Å². The van der Waals surface area contributed by atoms with Crippen LogP contribution in [0.25, 0.3) is 21.2 Å². The molecule has 0 N–H and O–H groups in total. The van der Waals surface area contributed by atoms with Gasteiger partial charge in [0.05, 0.1) is 19.8 Å². The molecule has 0 fully saturated rings. The fourth-order valence-corrected chi connectivity index (χ4v) is 4.62. The number of benzene rings is 2. The van der Waals surface area contributed by atoms with E-state index in [9.17, 15) is 0 Å². The second kappa shape index (κ2) is 12.4. The largest absolute Gasteiger partial charge is 0.494 e. The van der Waals surface area contributed by atoms with Gasteiger partial charge in [0.2, 0.25) is 0 Å². The van der Waals surface area contributed by atoms with E-state index in [1.165, 1.54) is 21.2 Å². The Morgan fingerprint density at radius 1 is 0.867 bits per heavy atom. The van der Waals surface area contributed by atoms with Crippen molar-refractivity contribution in [2.24, 2.45) is 0 Å². The molecule has 0 saturated heterocycles. The van der Waals surface area contributed by atoms with E-state index in [1.54, 1.807) is 25.6 Å². The topological polar surface area (TPSA) is 30.9 Å². The zero-order chi connectivity index (χ0) is 21.2. The molecule has 0 amide bonds. The molecule has 0 atom stereocenters.